The van der Waals surface area contributed by atoms with Gasteiger partial charge in [-0.25, -0.2) is 0 Å². The van der Waals surface area contributed by atoms with E-state index in [0.29, 0.717) is 19.3 Å². The van der Waals surface area contributed by atoms with Crippen LogP contribution in [0.15, 0.2) is 109 Å². The summed E-state index contributed by atoms with van der Waals surface area (Å²) >= 11 is 0. The van der Waals surface area contributed by atoms with Crippen LogP contribution in [0, 0.1) is 0 Å². The predicted octanol–water partition coefficient (Wildman–Crippen LogP) is 21.4. The highest BCUT2D eigenvalue weighted by molar-refractivity contribution is 5.71. The van der Waals surface area contributed by atoms with Crippen LogP contribution >= 0.6 is 0 Å². The molecule has 1 unspecified atom stereocenters. The van der Waals surface area contributed by atoms with Crippen LogP contribution in [0.5, 0.6) is 0 Å². The molecule has 0 heterocycles. The van der Waals surface area contributed by atoms with Crippen LogP contribution < -0.4 is 0 Å². The molecule has 0 aliphatic carbocycles. The van der Waals surface area contributed by atoms with Gasteiger partial charge in [0.05, 0.1) is 0 Å². The van der Waals surface area contributed by atoms with E-state index in [1.807, 2.05) is 0 Å². The van der Waals surface area contributed by atoms with Crippen molar-refractivity contribution >= 4 is 17.9 Å². The van der Waals surface area contributed by atoms with Gasteiger partial charge in [-0.15, -0.1) is 0 Å². The molecule has 0 aromatic carbocycles. The number of carbonyl (C=O) groups is 3. The molecule has 0 radical (unpaired) electrons. The fourth-order valence-electron chi connectivity index (χ4n) is 8.61. The Balaban J connectivity index is 4.30. The second-order valence-corrected chi connectivity index (χ2v) is 20.6. The van der Waals surface area contributed by atoms with Crippen molar-refractivity contribution < 1.29 is 28.6 Å². The molecule has 0 saturated heterocycles. The first-order chi connectivity index (χ1) is 37.0. The molecule has 0 rings (SSSR count). The van der Waals surface area contributed by atoms with E-state index in [0.717, 1.165) is 122 Å². The SMILES string of the molecule is CC/C=C\C/C=C\C/C=C\C/C=C\C/C=C\C/C=C\C/C=C\C/C=C\C/C=C\CCCCCC(=O)OCC(COC(=O)CCCCCCCCCCCC)OC(=O)CCCCCCCCCCCCCCCCCC. The monoisotopic (exact) mass is 1040 g/mol. The summed E-state index contributed by atoms with van der Waals surface area (Å²) in [7, 11) is 0. The third-order valence-electron chi connectivity index (χ3n) is 13.3. The Hall–Kier alpha value is -3.93. The zero-order valence-electron chi connectivity index (χ0n) is 49.0. The Morgan fingerprint density at radius 1 is 0.280 bits per heavy atom. The molecular formula is C69H116O6. The number of esters is 3. The zero-order chi connectivity index (χ0) is 54.3. The molecule has 0 spiro atoms. The van der Waals surface area contributed by atoms with Crippen LogP contribution in [0.1, 0.15) is 290 Å². The molecule has 0 N–H and O–H groups in total. The summed E-state index contributed by atoms with van der Waals surface area (Å²) < 4.78 is 16.8. The molecule has 428 valence electrons. The number of allylic oxidation sites excluding steroid dienone is 18. The summed E-state index contributed by atoms with van der Waals surface area (Å²) in [5.74, 6) is -0.914. The van der Waals surface area contributed by atoms with E-state index in [2.05, 4.69) is 130 Å². The molecule has 1 atom stereocenters. The van der Waals surface area contributed by atoms with Crippen LogP contribution in [0.3, 0.4) is 0 Å². The summed E-state index contributed by atoms with van der Waals surface area (Å²) in [5.41, 5.74) is 0. The summed E-state index contributed by atoms with van der Waals surface area (Å²) in [4.78, 5) is 38.1. The lowest BCUT2D eigenvalue weighted by molar-refractivity contribution is -0.167. The molecule has 75 heavy (non-hydrogen) atoms. The highest BCUT2D eigenvalue weighted by Gasteiger charge is 2.19. The van der Waals surface area contributed by atoms with E-state index in [1.54, 1.807) is 0 Å². The van der Waals surface area contributed by atoms with E-state index in [9.17, 15) is 14.4 Å². The first-order valence-corrected chi connectivity index (χ1v) is 31.4. The fourth-order valence-corrected chi connectivity index (χ4v) is 8.61. The Kier molecular flexibility index (Phi) is 59.3. The standard InChI is InChI=1S/C69H116O6/c1-4-7-10-13-16-19-22-24-26-28-29-30-31-32-33-34-35-36-37-38-39-40-41-42-44-45-47-50-53-56-59-62-68(71)74-65-66(64-73-67(70)61-58-55-52-49-21-18-15-12-9-6-3)75-69(72)63-60-57-54-51-48-46-43-27-25-23-20-17-14-11-8-5-2/h7,10,16,19,24,26,29-30,32-33,35-36,38-39,41-42,45,47,66H,4-6,8-9,11-15,17-18,20-23,25,27-28,31,34,37,40,43-44,46,48-65H2,1-3H3/b10-7-,19-16-,26-24-,30-29-,33-32-,36-35-,39-38-,42-41-,47-45-. The number of unbranched alkanes of at least 4 members (excludes halogenated alkanes) is 27. The topological polar surface area (TPSA) is 78.9 Å². The predicted molar refractivity (Wildman–Crippen MR) is 325 cm³/mol. The maximum atomic E-state index is 12.9. The van der Waals surface area contributed by atoms with E-state index in [4.69, 9.17) is 14.2 Å². The minimum Gasteiger partial charge on any atom is -0.462 e. The van der Waals surface area contributed by atoms with Crippen molar-refractivity contribution in [3.63, 3.8) is 0 Å². The summed E-state index contributed by atoms with van der Waals surface area (Å²) in [5, 5.41) is 0. The lowest BCUT2D eigenvalue weighted by Gasteiger charge is -2.18. The van der Waals surface area contributed by atoms with E-state index < -0.39 is 6.10 Å². The molecule has 0 amide bonds. The van der Waals surface area contributed by atoms with E-state index >= 15 is 0 Å². The first kappa shape index (κ1) is 71.1. The van der Waals surface area contributed by atoms with Gasteiger partial charge in [-0.2, -0.15) is 0 Å². The molecular weight excluding hydrogens is 925 g/mol. The average Bonchev–Trinajstić information content (AvgIpc) is 3.41. The van der Waals surface area contributed by atoms with Crippen LogP contribution in [-0.2, 0) is 28.6 Å². The summed E-state index contributed by atoms with van der Waals surface area (Å²) in [6.45, 7) is 6.50. The van der Waals surface area contributed by atoms with Crippen molar-refractivity contribution in [2.24, 2.45) is 0 Å². The minimum absolute atomic E-state index is 0.0855. The van der Waals surface area contributed by atoms with Gasteiger partial charge in [0.15, 0.2) is 6.10 Å². The van der Waals surface area contributed by atoms with E-state index in [-0.39, 0.29) is 31.1 Å². The largest absolute Gasteiger partial charge is 0.462 e. The van der Waals surface area contributed by atoms with Gasteiger partial charge in [0, 0.05) is 19.3 Å². The van der Waals surface area contributed by atoms with Crippen molar-refractivity contribution in [3.8, 4) is 0 Å². The first-order valence-electron chi connectivity index (χ1n) is 31.4. The number of ether oxygens (including phenoxy) is 3. The van der Waals surface area contributed by atoms with Gasteiger partial charge in [-0.1, -0.05) is 291 Å². The molecule has 0 aliphatic rings. The number of hydrogen-bond donors (Lipinski definition) is 0. The lowest BCUT2D eigenvalue weighted by atomic mass is 10.0. The fraction of sp³-hybridized carbons (Fsp3) is 0.696. The number of hydrogen-bond acceptors (Lipinski definition) is 6. The molecule has 0 aromatic heterocycles. The van der Waals surface area contributed by atoms with E-state index in [1.165, 1.54) is 128 Å². The normalized spacial score (nSPS) is 12.8. The van der Waals surface area contributed by atoms with Crippen molar-refractivity contribution in [2.75, 3.05) is 13.2 Å². The molecule has 0 aliphatic heterocycles. The number of rotatable bonds is 56. The Labute approximate surface area is 463 Å². The van der Waals surface area contributed by atoms with Crippen LogP contribution in [0.25, 0.3) is 0 Å². The highest BCUT2D eigenvalue weighted by Crippen LogP contribution is 2.16. The maximum absolute atomic E-state index is 12.9. The van der Waals surface area contributed by atoms with Gasteiger partial charge in [0.25, 0.3) is 0 Å². The maximum Gasteiger partial charge on any atom is 0.306 e. The van der Waals surface area contributed by atoms with Crippen molar-refractivity contribution in [1.29, 1.82) is 0 Å². The minimum atomic E-state index is -0.789. The lowest BCUT2D eigenvalue weighted by Crippen LogP contribution is -2.30. The molecule has 0 bridgehead atoms. The van der Waals surface area contributed by atoms with Gasteiger partial charge in [0.1, 0.15) is 13.2 Å². The molecule has 0 aromatic rings. The van der Waals surface area contributed by atoms with Gasteiger partial charge >= 0.3 is 17.9 Å². The highest BCUT2D eigenvalue weighted by atomic mass is 16.6. The Morgan fingerprint density at radius 3 is 0.813 bits per heavy atom. The second-order valence-electron chi connectivity index (χ2n) is 20.6. The van der Waals surface area contributed by atoms with Gasteiger partial charge < -0.3 is 14.2 Å². The quantitative estimate of drug-likeness (QED) is 0.0261. The van der Waals surface area contributed by atoms with Crippen LogP contribution in [-0.4, -0.2) is 37.2 Å². The van der Waals surface area contributed by atoms with Gasteiger partial charge in [-0.3, -0.25) is 14.4 Å². The van der Waals surface area contributed by atoms with Gasteiger partial charge in [0.2, 0.25) is 0 Å². The second kappa shape index (κ2) is 62.6. The third kappa shape index (κ3) is 60.8. The Morgan fingerprint density at radius 2 is 0.520 bits per heavy atom. The smallest absolute Gasteiger partial charge is 0.306 e. The molecule has 0 fully saturated rings. The average molecular weight is 1040 g/mol. The Bertz CT molecular complexity index is 1520. The summed E-state index contributed by atoms with van der Waals surface area (Å²) in [6, 6.07) is 0. The summed E-state index contributed by atoms with van der Waals surface area (Å²) in [6.07, 6.45) is 85.3. The van der Waals surface area contributed by atoms with Crippen molar-refractivity contribution in [3.05, 3.63) is 109 Å². The molecule has 0 saturated carbocycles. The van der Waals surface area contributed by atoms with Crippen LogP contribution in [0.2, 0.25) is 0 Å². The van der Waals surface area contributed by atoms with Crippen LogP contribution in [0.4, 0.5) is 0 Å². The molecule has 6 heteroatoms. The third-order valence-corrected chi connectivity index (χ3v) is 13.3. The van der Waals surface area contributed by atoms with Crippen molar-refractivity contribution in [2.45, 2.75) is 297 Å². The number of carbonyl (C=O) groups excluding carboxylic acids is 3. The molecule has 6 nitrogen and oxygen atoms in total. The van der Waals surface area contributed by atoms with Crippen molar-refractivity contribution in [1.82, 2.24) is 0 Å². The zero-order valence-corrected chi connectivity index (χ0v) is 49.0. The van der Waals surface area contributed by atoms with Gasteiger partial charge in [-0.05, 0) is 89.9 Å².